The summed E-state index contributed by atoms with van der Waals surface area (Å²) in [5.74, 6) is 0.657. The number of hydrogen-bond donors (Lipinski definition) is 1. The maximum Gasteiger partial charge on any atom is 0.324 e. The Morgan fingerprint density at radius 3 is 3.05 bits per heavy atom. The molecule has 0 unspecified atom stereocenters. The molecule has 8 heteroatoms. The number of aromatic nitrogens is 1. The van der Waals surface area contributed by atoms with E-state index in [1.807, 2.05) is 18.2 Å². The van der Waals surface area contributed by atoms with Crippen molar-refractivity contribution in [3.05, 3.63) is 23.2 Å². The second kappa shape index (κ2) is 6.21. The Morgan fingerprint density at radius 1 is 1.43 bits per heavy atom. The Balaban J connectivity index is 1.52. The molecule has 0 saturated carbocycles. The van der Waals surface area contributed by atoms with Crippen molar-refractivity contribution in [1.29, 1.82) is 0 Å². The zero-order valence-corrected chi connectivity index (χ0v) is 13.4. The van der Waals surface area contributed by atoms with E-state index in [0.717, 1.165) is 26.7 Å². The van der Waals surface area contributed by atoms with Gasteiger partial charge >= 0.3 is 6.03 Å². The van der Waals surface area contributed by atoms with Gasteiger partial charge in [0.15, 0.2) is 4.34 Å². The van der Waals surface area contributed by atoms with E-state index in [2.05, 4.69) is 10.3 Å². The first-order chi connectivity index (χ1) is 10.1. The van der Waals surface area contributed by atoms with Crippen molar-refractivity contribution in [2.45, 2.75) is 10.8 Å². The van der Waals surface area contributed by atoms with E-state index in [-0.39, 0.29) is 18.5 Å². The molecule has 2 aromatic rings. The monoisotopic (exact) mass is 341 g/mol. The van der Waals surface area contributed by atoms with Crippen LogP contribution in [0.15, 0.2) is 22.5 Å². The average molecular weight is 342 g/mol. The highest BCUT2D eigenvalue weighted by atomic mass is 35.5. The van der Waals surface area contributed by atoms with Crippen LogP contribution in [-0.4, -0.2) is 40.7 Å². The molecule has 110 valence electrons. The molecule has 3 amide bonds. The number of hydrogen-bond acceptors (Lipinski definition) is 5. The van der Waals surface area contributed by atoms with Crippen molar-refractivity contribution in [3.8, 4) is 0 Å². The van der Waals surface area contributed by atoms with Gasteiger partial charge in [-0.25, -0.2) is 9.78 Å². The van der Waals surface area contributed by atoms with Gasteiger partial charge in [-0.1, -0.05) is 23.4 Å². The number of carbonyl (C=O) groups excluding carboxylic acids is 2. The molecule has 1 aromatic carbocycles. The number of benzene rings is 1. The van der Waals surface area contributed by atoms with Crippen LogP contribution >= 0.6 is 34.7 Å². The molecule has 0 aliphatic carbocycles. The van der Waals surface area contributed by atoms with Crippen molar-refractivity contribution in [2.24, 2.45) is 0 Å². The van der Waals surface area contributed by atoms with E-state index in [4.69, 9.17) is 11.6 Å². The Hall–Kier alpha value is -1.31. The number of amides is 3. The van der Waals surface area contributed by atoms with Gasteiger partial charge in [0, 0.05) is 17.3 Å². The molecule has 1 aliphatic heterocycles. The third-order valence-electron chi connectivity index (χ3n) is 3.02. The summed E-state index contributed by atoms with van der Waals surface area (Å²) in [6.45, 7) is 0.568. The first-order valence-electron chi connectivity index (χ1n) is 6.40. The molecule has 1 fully saturated rings. The normalized spacial score (nSPS) is 15.0. The minimum atomic E-state index is -0.292. The molecular weight excluding hydrogens is 330 g/mol. The molecule has 21 heavy (non-hydrogen) atoms. The van der Waals surface area contributed by atoms with Gasteiger partial charge < -0.3 is 5.32 Å². The lowest BCUT2D eigenvalue weighted by Gasteiger charge is -2.10. The van der Waals surface area contributed by atoms with E-state index in [1.54, 1.807) is 23.1 Å². The first kappa shape index (κ1) is 14.6. The fourth-order valence-electron chi connectivity index (χ4n) is 2.00. The van der Waals surface area contributed by atoms with Crippen molar-refractivity contribution in [1.82, 2.24) is 15.2 Å². The Morgan fingerprint density at radius 2 is 2.29 bits per heavy atom. The number of nitrogens with one attached hydrogen (secondary N) is 1. The summed E-state index contributed by atoms with van der Waals surface area (Å²) < 4.78 is 2.08. The summed E-state index contributed by atoms with van der Waals surface area (Å²) in [6.07, 6.45) is 0.751. The number of imide groups is 1. The van der Waals surface area contributed by atoms with Crippen LogP contribution < -0.4 is 5.32 Å². The lowest BCUT2D eigenvalue weighted by Crippen LogP contribution is -2.32. The van der Waals surface area contributed by atoms with Crippen LogP contribution in [0, 0.1) is 0 Å². The molecule has 5 nitrogen and oxygen atoms in total. The summed E-state index contributed by atoms with van der Waals surface area (Å²) in [4.78, 5) is 28.5. The van der Waals surface area contributed by atoms with Gasteiger partial charge in [-0.3, -0.25) is 9.69 Å². The predicted molar refractivity (Wildman–Crippen MR) is 85.1 cm³/mol. The largest absolute Gasteiger partial charge is 0.329 e. The maximum absolute atomic E-state index is 11.4. The lowest BCUT2D eigenvalue weighted by atomic mass is 10.3. The van der Waals surface area contributed by atoms with Crippen molar-refractivity contribution in [2.75, 3.05) is 18.8 Å². The molecule has 1 saturated heterocycles. The highest BCUT2D eigenvalue weighted by molar-refractivity contribution is 8.01. The summed E-state index contributed by atoms with van der Waals surface area (Å²) in [7, 11) is 0. The van der Waals surface area contributed by atoms with E-state index in [0.29, 0.717) is 11.6 Å². The van der Waals surface area contributed by atoms with Crippen LogP contribution in [0.5, 0.6) is 0 Å². The van der Waals surface area contributed by atoms with Gasteiger partial charge in [0.25, 0.3) is 0 Å². The van der Waals surface area contributed by atoms with Gasteiger partial charge in [-0.05, 0) is 24.6 Å². The number of urea groups is 1. The number of thiazole rings is 1. The van der Waals surface area contributed by atoms with Gasteiger partial charge in [-0.15, -0.1) is 11.3 Å². The standard InChI is InChI=1S/C13H12ClN3O2S2/c14-8-2-3-10-9(6-8)16-13(21-10)20-5-1-4-17-11(18)7-15-12(17)19/h2-3,6H,1,4-5,7H2,(H,15,19). The molecule has 0 radical (unpaired) electrons. The number of fused-ring (bicyclic) bond motifs is 1. The molecule has 2 heterocycles. The van der Waals surface area contributed by atoms with E-state index in [9.17, 15) is 9.59 Å². The summed E-state index contributed by atoms with van der Waals surface area (Å²) in [5, 5.41) is 3.19. The molecular formula is C13H12ClN3O2S2. The Bertz CT molecular complexity index is 688. The third kappa shape index (κ3) is 3.30. The molecule has 1 aliphatic rings. The van der Waals surface area contributed by atoms with Gasteiger partial charge in [0.2, 0.25) is 5.91 Å². The number of halogens is 1. The van der Waals surface area contributed by atoms with Crippen LogP contribution in [0.25, 0.3) is 10.2 Å². The molecule has 0 atom stereocenters. The Kier molecular flexibility index (Phi) is 4.32. The zero-order chi connectivity index (χ0) is 14.8. The highest BCUT2D eigenvalue weighted by Gasteiger charge is 2.27. The average Bonchev–Trinajstić information content (AvgIpc) is 2.99. The van der Waals surface area contributed by atoms with Crippen molar-refractivity contribution < 1.29 is 9.59 Å². The van der Waals surface area contributed by atoms with Crippen LogP contribution in [0.3, 0.4) is 0 Å². The molecule has 0 spiro atoms. The molecule has 0 bridgehead atoms. The van der Waals surface area contributed by atoms with Crippen molar-refractivity contribution >= 4 is 56.9 Å². The highest BCUT2D eigenvalue weighted by Crippen LogP contribution is 2.31. The van der Waals surface area contributed by atoms with Crippen LogP contribution in [0.2, 0.25) is 5.02 Å². The topological polar surface area (TPSA) is 62.3 Å². The number of rotatable bonds is 5. The van der Waals surface area contributed by atoms with Crippen molar-refractivity contribution in [3.63, 3.8) is 0 Å². The first-order valence-corrected chi connectivity index (χ1v) is 8.58. The van der Waals surface area contributed by atoms with E-state index in [1.165, 1.54) is 4.90 Å². The quantitative estimate of drug-likeness (QED) is 0.516. The molecule has 1 aromatic heterocycles. The minimum Gasteiger partial charge on any atom is -0.329 e. The lowest BCUT2D eigenvalue weighted by molar-refractivity contribution is -0.124. The summed E-state index contributed by atoms with van der Waals surface area (Å²) >= 11 is 9.19. The molecule has 3 rings (SSSR count). The summed E-state index contributed by atoms with van der Waals surface area (Å²) in [6, 6.07) is 5.38. The van der Waals surface area contributed by atoms with Crippen LogP contribution in [0.4, 0.5) is 4.79 Å². The van der Waals surface area contributed by atoms with Crippen LogP contribution in [0.1, 0.15) is 6.42 Å². The fraction of sp³-hybridized carbons (Fsp3) is 0.308. The van der Waals surface area contributed by atoms with Gasteiger partial charge in [-0.2, -0.15) is 0 Å². The number of thioether (sulfide) groups is 1. The zero-order valence-electron chi connectivity index (χ0n) is 11.0. The minimum absolute atomic E-state index is 0.116. The number of carbonyl (C=O) groups is 2. The smallest absolute Gasteiger partial charge is 0.324 e. The third-order valence-corrected chi connectivity index (χ3v) is 5.52. The second-order valence-electron chi connectivity index (χ2n) is 4.50. The predicted octanol–water partition coefficient (Wildman–Crippen LogP) is 2.98. The fourth-order valence-corrected chi connectivity index (χ4v) is 4.21. The van der Waals surface area contributed by atoms with Gasteiger partial charge in [0.1, 0.15) is 0 Å². The second-order valence-corrected chi connectivity index (χ2v) is 7.31. The van der Waals surface area contributed by atoms with Gasteiger partial charge in [0.05, 0.1) is 16.8 Å². The van der Waals surface area contributed by atoms with Crippen LogP contribution in [-0.2, 0) is 4.79 Å². The maximum atomic E-state index is 11.4. The van der Waals surface area contributed by atoms with E-state index < -0.39 is 0 Å². The SMILES string of the molecule is O=C1CNC(=O)N1CCCSc1nc2cc(Cl)ccc2s1. The summed E-state index contributed by atoms with van der Waals surface area (Å²) in [5.41, 5.74) is 0.907. The number of nitrogens with zero attached hydrogens (tertiary/aromatic N) is 2. The Labute approximate surface area is 134 Å². The molecule has 1 N–H and O–H groups in total. The van der Waals surface area contributed by atoms with E-state index >= 15 is 0 Å².